The monoisotopic (exact) mass is 546 g/mol. The van der Waals surface area contributed by atoms with Crippen molar-refractivity contribution in [3.05, 3.63) is 25.3 Å². The van der Waals surface area contributed by atoms with Crippen molar-refractivity contribution in [2.75, 3.05) is 19.8 Å². The van der Waals surface area contributed by atoms with Crippen LogP contribution in [-0.4, -0.2) is 80.1 Å². The molecule has 4 fully saturated rings. The molecule has 212 valence electrons. The molecule has 3 aliphatic heterocycles. The van der Waals surface area contributed by atoms with Crippen LogP contribution in [-0.2, 0) is 19.1 Å². The van der Waals surface area contributed by atoms with Crippen LogP contribution in [0.15, 0.2) is 25.3 Å². The molecule has 2 amide bonds. The second-order valence-corrected chi connectivity index (χ2v) is 13.8. The molecular formula is C30H46N2O5S. The number of carbonyl (C=O) groups excluding carboxylic acids is 3. The first kappa shape index (κ1) is 29.2. The van der Waals surface area contributed by atoms with Crippen LogP contribution in [0.5, 0.6) is 0 Å². The van der Waals surface area contributed by atoms with Gasteiger partial charge in [0.2, 0.25) is 11.8 Å². The number of carbonyl (C=O) groups is 3. The maximum atomic E-state index is 14.7. The number of esters is 1. The minimum Gasteiger partial charge on any atom is -0.465 e. The van der Waals surface area contributed by atoms with Gasteiger partial charge in [0, 0.05) is 17.3 Å². The topological polar surface area (TPSA) is 87.1 Å². The van der Waals surface area contributed by atoms with Gasteiger partial charge in [-0.25, -0.2) is 0 Å². The first-order chi connectivity index (χ1) is 18.2. The average Bonchev–Trinajstić information content (AvgIpc) is 3.48. The molecule has 3 heterocycles. The van der Waals surface area contributed by atoms with Gasteiger partial charge >= 0.3 is 5.97 Å². The van der Waals surface area contributed by atoms with E-state index in [4.69, 9.17) is 4.74 Å². The fourth-order valence-electron chi connectivity index (χ4n) is 7.61. The lowest BCUT2D eigenvalue weighted by atomic mass is 9.66. The number of amides is 2. The number of fused-ring (bicyclic) bond motifs is 1. The summed E-state index contributed by atoms with van der Waals surface area (Å²) in [7, 11) is 0. The van der Waals surface area contributed by atoms with Crippen molar-refractivity contribution in [2.45, 2.75) is 106 Å². The van der Waals surface area contributed by atoms with Gasteiger partial charge < -0.3 is 19.6 Å². The summed E-state index contributed by atoms with van der Waals surface area (Å²) in [5.41, 5.74) is 0. The second-order valence-electron chi connectivity index (χ2n) is 11.9. The highest BCUT2D eigenvalue weighted by Gasteiger charge is 2.78. The minimum atomic E-state index is -0.717. The zero-order chi connectivity index (χ0) is 27.7. The third-order valence-corrected chi connectivity index (χ3v) is 11.7. The number of aliphatic hydroxyl groups excluding tert-OH is 1. The molecule has 0 aromatic heterocycles. The quantitative estimate of drug-likeness (QED) is 0.223. The molecule has 7 nitrogen and oxygen atoms in total. The SMILES string of the molecule is C=CCCOC(=O)[C@H]1[C@H]2C(=O)N([C@@H](CO)[C@@H](C)CC)C(C(=O)N(CC=C)C3CCCCC3)C23CC[C@]1(C)S3. The summed E-state index contributed by atoms with van der Waals surface area (Å²) in [6.07, 6.45) is 11.5. The molecule has 0 aromatic rings. The van der Waals surface area contributed by atoms with Crippen LogP contribution in [0.25, 0.3) is 0 Å². The maximum absolute atomic E-state index is 14.7. The van der Waals surface area contributed by atoms with Crippen LogP contribution in [0, 0.1) is 17.8 Å². The largest absolute Gasteiger partial charge is 0.465 e. The number of nitrogens with zero attached hydrogens (tertiary/aromatic N) is 2. The highest BCUT2D eigenvalue weighted by atomic mass is 32.2. The number of rotatable bonds is 12. The summed E-state index contributed by atoms with van der Waals surface area (Å²) in [6.45, 7) is 14.2. The van der Waals surface area contributed by atoms with E-state index in [9.17, 15) is 19.5 Å². The van der Waals surface area contributed by atoms with Crippen LogP contribution in [0.2, 0.25) is 0 Å². The molecular weight excluding hydrogens is 500 g/mol. The highest BCUT2D eigenvalue weighted by molar-refractivity contribution is 8.02. The summed E-state index contributed by atoms with van der Waals surface area (Å²) in [6, 6.07) is -1.08. The Labute approximate surface area is 232 Å². The van der Waals surface area contributed by atoms with Crippen LogP contribution in [0.4, 0.5) is 0 Å². The molecule has 7 atom stereocenters. The number of aliphatic hydroxyl groups is 1. The normalized spacial score (nSPS) is 34.1. The Morgan fingerprint density at radius 2 is 1.95 bits per heavy atom. The van der Waals surface area contributed by atoms with Crippen LogP contribution in [0.1, 0.15) is 78.6 Å². The van der Waals surface area contributed by atoms with Gasteiger partial charge in [0.05, 0.1) is 35.8 Å². The average molecular weight is 547 g/mol. The molecule has 0 aromatic carbocycles. The summed E-state index contributed by atoms with van der Waals surface area (Å²) in [4.78, 5) is 46.3. The number of likely N-dealkylation sites (tertiary alicyclic amines) is 1. The Balaban J connectivity index is 1.78. The standard InChI is InChI=1S/C30H46N2O5S/c1-6-9-18-37-28(36)24-23-26(34)32(22(19-33)20(4)8-3)25(30(23)16-15-29(24,5)38-30)27(35)31(17-7-2)21-13-11-10-12-14-21/h6-7,20-25,33H,1-2,8-19H2,3-5H3/t20-,22-,23-,24+,25?,29-,30?/m0/s1. The van der Waals surface area contributed by atoms with E-state index < -0.39 is 33.4 Å². The predicted octanol–water partition coefficient (Wildman–Crippen LogP) is 4.34. The van der Waals surface area contributed by atoms with Crippen LogP contribution in [0.3, 0.4) is 0 Å². The third kappa shape index (κ3) is 4.74. The zero-order valence-electron chi connectivity index (χ0n) is 23.4. The van der Waals surface area contributed by atoms with E-state index in [-0.39, 0.29) is 43.0 Å². The Kier molecular flexibility index (Phi) is 9.02. The molecule has 8 heteroatoms. The number of thioether (sulfide) groups is 1. The van der Waals surface area contributed by atoms with E-state index in [1.54, 1.807) is 28.8 Å². The van der Waals surface area contributed by atoms with Gasteiger partial charge in [0.25, 0.3) is 0 Å². The number of hydrogen-bond donors (Lipinski definition) is 1. The van der Waals surface area contributed by atoms with Crippen molar-refractivity contribution < 1.29 is 24.2 Å². The molecule has 1 N–H and O–H groups in total. The molecule has 4 rings (SSSR count). The second kappa shape index (κ2) is 11.7. The van der Waals surface area contributed by atoms with E-state index in [0.717, 1.165) is 38.5 Å². The molecule has 2 bridgehead atoms. The molecule has 4 aliphatic rings. The van der Waals surface area contributed by atoms with Gasteiger partial charge in [-0.2, -0.15) is 0 Å². The maximum Gasteiger partial charge on any atom is 0.311 e. The smallest absolute Gasteiger partial charge is 0.311 e. The summed E-state index contributed by atoms with van der Waals surface area (Å²) >= 11 is 1.66. The molecule has 1 spiro atoms. The Bertz CT molecular complexity index is 936. The number of hydrogen-bond acceptors (Lipinski definition) is 6. The van der Waals surface area contributed by atoms with Crippen molar-refractivity contribution in [2.24, 2.45) is 17.8 Å². The highest BCUT2D eigenvalue weighted by Crippen LogP contribution is 2.72. The molecule has 2 unspecified atom stereocenters. The van der Waals surface area contributed by atoms with Crippen molar-refractivity contribution in [1.82, 2.24) is 9.80 Å². The Hall–Kier alpha value is -1.80. The first-order valence-electron chi connectivity index (χ1n) is 14.5. The fraction of sp³-hybridized carbons (Fsp3) is 0.767. The van der Waals surface area contributed by atoms with Crippen LogP contribution >= 0.6 is 11.8 Å². The van der Waals surface area contributed by atoms with Gasteiger partial charge in [-0.1, -0.05) is 51.7 Å². The van der Waals surface area contributed by atoms with Gasteiger partial charge in [-0.15, -0.1) is 24.9 Å². The van der Waals surface area contributed by atoms with E-state index in [0.29, 0.717) is 19.4 Å². The van der Waals surface area contributed by atoms with Crippen LogP contribution < -0.4 is 0 Å². The first-order valence-corrected chi connectivity index (χ1v) is 15.3. The van der Waals surface area contributed by atoms with Gasteiger partial charge in [-0.3, -0.25) is 14.4 Å². The van der Waals surface area contributed by atoms with Gasteiger partial charge in [0.15, 0.2) is 0 Å². The Morgan fingerprint density at radius 1 is 1.24 bits per heavy atom. The minimum absolute atomic E-state index is 0.00721. The predicted molar refractivity (Wildman–Crippen MR) is 150 cm³/mol. The zero-order valence-corrected chi connectivity index (χ0v) is 24.2. The van der Waals surface area contributed by atoms with E-state index >= 15 is 0 Å². The van der Waals surface area contributed by atoms with Crippen molar-refractivity contribution >= 4 is 29.5 Å². The van der Waals surface area contributed by atoms with E-state index in [1.165, 1.54) is 6.42 Å². The Morgan fingerprint density at radius 3 is 2.55 bits per heavy atom. The van der Waals surface area contributed by atoms with E-state index in [2.05, 4.69) is 20.1 Å². The van der Waals surface area contributed by atoms with Crippen molar-refractivity contribution in [1.29, 1.82) is 0 Å². The number of ether oxygens (including phenoxy) is 1. The summed E-state index contributed by atoms with van der Waals surface area (Å²) in [5.74, 6) is -1.82. The molecule has 1 saturated carbocycles. The van der Waals surface area contributed by atoms with Gasteiger partial charge in [-0.05, 0) is 44.9 Å². The molecule has 3 saturated heterocycles. The molecule has 0 radical (unpaired) electrons. The third-order valence-electron chi connectivity index (χ3n) is 9.74. The van der Waals surface area contributed by atoms with Crippen molar-refractivity contribution in [3.8, 4) is 0 Å². The lowest BCUT2D eigenvalue weighted by Crippen LogP contribution is -2.60. The van der Waals surface area contributed by atoms with Gasteiger partial charge in [0.1, 0.15) is 6.04 Å². The fourth-order valence-corrected chi connectivity index (χ4v) is 9.94. The molecule has 1 aliphatic carbocycles. The lowest BCUT2D eigenvalue weighted by molar-refractivity contribution is -0.156. The summed E-state index contributed by atoms with van der Waals surface area (Å²) in [5, 5.41) is 10.6. The lowest BCUT2D eigenvalue weighted by Gasteiger charge is -2.43. The molecule has 38 heavy (non-hydrogen) atoms. The van der Waals surface area contributed by atoms with Crippen molar-refractivity contribution in [3.63, 3.8) is 0 Å². The summed E-state index contributed by atoms with van der Waals surface area (Å²) < 4.78 is 4.48. The van der Waals surface area contributed by atoms with E-state index in [1.807, 2.05) is 18.7 Å².